The van der Waals surface area contributed by atoms with Gasteiger partial charge in [-0.1, -0.05) is 11.6 Å². The first-order chi connectivity index (χ1) is 11.1. The van der Waals surface area contributed by atoms with Crippen LogP contribution in [0.25, 0.3) is 16.9 Å². The Hall–Kier alpha value is -2.80. The van der Waals surface area contributed by atoms with Crippen molar-refractivity contribution in [3.8, 4) is 16.9 Å². The summed E-state index contributed by atoms with van der Waals surface area (Å²) in [6, 6.07) is 8.26. The zero-order valence-corrected chi connectivity index (χ0v) is 12.3. The highest BCUT2D eigenvalue weighted by atomic mass is 35.5. The number of benzene rings is 1. The van der Waals surface area contributed by atoms with E-state index >= 15 is 0 Å². The summed E-state index contributed by atoms with van der Waals surface area (Å²) in [6.45, 7) is 0. The van der Waals surface area contributed by atoms with Gasteiger partial charge in [-0.3, -0.25) is 9.36 Å². The van der Waals surface area contributed by atoms with E-state index < -0.39 is 5.82 Å². The molecule has 2 aromatic heterocycles. The van der Waals surface area contributed by atoms with Gasteiger partial charge in [-0.05, 0) is 30.3 Å². The molecule has 0 unspecified atom stereocenters. The van der Waals surface area contributed by atoms with E-state index in [1.807, 2.05) is 0 Å². The van der Waals surface area contributed by atoms with Crippen LogP contribution in [0.3, 0.4) is 0 Å². The fraction of sp³-hybridized carbons (Fsp3) is 0. The van der Waals surface area contributed by atoms with E-state index in [9.17, 15) is 13.7 Å². The van der Waals surface area contributed by atoms with Crippen molar-refractivity contribution in [1.82, 2.24) is 14.5 Å². The Morgan fingerprint density at radius 1 is 1.13 bits per heavy atom. The molecule has 3 aromatic rings. The van der Waals surface area contributed by atoms with Crippen LogP contribution in [0.15, 0.2) is 53.6 Å². The maximum absolute atomic E-state index is 13.0. The molecular formula is C15H9ClF2N4O. The number of aromatic nitrogens is 3. The molecule has 0 saturated heterocycles. The van der Waals surface area contributed by atoms with Crippen molar-refractivity contribution < 1.29 is 8.87 Å². The normalized spacial score (nSPS) is 10.6. The van der Waals surface area contributed by atoms with Crippen LogP contribution in [-0.2, 0) is 0 Å². The molecule has 1 N–H and O–H groups in total. The summed E-state index contributed by atoms with van der Waals surface area (Å²) in [4.78, 5) is 19.6. The molecule has 0 aliphatic rings. The Bertz CT molecular complexity index is 912. The van der Waals surface area contributed by atoms with Crippen LogP contribution in [0, 0.1) is 5.82 Å². The van der Waals surface area contributed by atoms with E-state index in [0.29, 0.717) is 11.3 Å². The number of hydrogen-bond acceptors (Lipinski definition) is 4. The van der Waals surface area contributed by atoms with Crippen molar-refractivity contribution in [2.24, 2.45) is 0 Å². The fourth-order valence-electron chi connectivity index (χ4n) is 2.05. The predicted molar refractivity (Wildman–Crippen MR) is 82.8 cm³/mol. The van der Waals surface area contributed by atoms with Gasteiger partial charge in [0.1, 0.15) is 5.82 Å². The summed E-state index contributed by atoms with van der Waals surface area (Å²) < 4.78 is 26.8. The second-order valence-electron chi connectivity index (χ2n) is 4.59. The maximum atomic E-state index is 13.0. The third-order valence-corrected chi connectivity index (χ3v) is 3.39. The molecule has 2 heterocycles. The molecule has 0 aliphatic carbocycles. The first-order valence-electron chi connectivity index (χ1n) is 6.46. The molecule has 5 nitrogen and oxygen atoms in total. The number of pyridine rings is 1. The van der Waals surface area contributed by atoms with Crippen molar-refractivity contribution in [2.45, 2.75) is 0 Å². The van der Waals surface area contributed by atoms with Gasteiger partial charge in [-0.2, -0.15) is 5.54 Å². The summed E-state index contributed by atoms with van der Waals surface area (Å²) in [7, 11) is 0. The first kappa shape index (κ1) is 15.1. The Morgan fingerprint density at radius 3 is 2.57 bits per heavy atom. The van der Waals surface area contributed by atoms with Crippen LogP contribution in [0.4, 0.5) is 14.8 Å². The topological polar surface area (TPSA) is 59.8 Å². The molecule has 0 aliphatic heterocycles. The standard InChI is InChI=1S/C15H9ClF2N4O/c16-12-7-19-15(21-18)20-14(12)9-1-6-13(23)22(8-9)11-4-2-10(17)3-5-11/h1-8H,(H,19,20,21). The molecule has 0 atom stereocenters. The fourth-order valence-corrected chi connectivity index (χ4v) is 2.25. The Balaban J connectivity index is 2.14. The minimum atomic E-state index is -0.407. The van der Waals surface area contributed by atoms with E-state index in [-0.39, 0.29) is 22.2 Å². The summed E-state index contributed by atoms with van der Waals surface area (Å²) in [5.74, 6) is -0.653. The highest BCUT2D eigenvalue weighted by molar-refractivity contribution is 6.32. The summed E-state index contributed by atoms with van der Waals surface area (Å²) in [5.41, 5.74) is 2.25. The van der Waals surface area contributed by atoms with Crippen molar-refractivity contribution in [1.29, 1.82) is 0 Å². The summed E-state index contributed by atoms with van der Waals surface area (Å²) in [5, 5.41) is 0.202. The molecule has 3 rings (SSSR count). The lowest BCUT2D eigenvalue weighted by Crippen LogP contribution is -2.16. The Morgan fingerprint density at radius 2 is 1.87 bits per heavy atom. The Labute approximate surface area is 134 Å². The van der Waals surface area contributed by atoms with E-state index in [4.69, 9.17) is 11.6 Å². The van der Waals surface area contributed by atoms with E-state index in [1.165, 1.54) is 58.9 Å². The number of nitrogens with zero attached hydrogens (tertiary/aromatic N) is 3. The van der Waals surface area contributed by atoms with Gasteiger partial charge in [0.15, 0.2) is 0 Å². The quantitative estimate of drug-likeness (QED) is 0.746. The van der Waals surface area contributed by atoms with Gasteiger partial charge in [0.2, 0.25) is 0 Å². The lowest BCUT2D eigenvalue weighted by molar-refractivity contribution is 0.605. The molecule has 0 radical (unpaired) electrons. The zero-order valence-electron chi connectivity index (χ0n) is 11.5. The molecule has 0 spiro atoms. The lowest BCUT2D eigenvalue weighted by atomic mass is 10.2. The number of nitrogens with one attached hydrogen (secondary N) is 1. The molecule has 0 amide bonds. The van der Waals surface area contributed by atoms with Crippen molar-refractivity contribution >= 4 is 17.5 Å². The van der Waals surface area contributed by atoms with Gasteiger partial charge >= 0.3 is 0 Å². The SMILES string of the molecule is O=c1ccc(-c2nc(NF)ncc2Cl)cn1-c1ccc(F)cc1. The molecule has 116 valence electrons. The minimum Gasteiger partial charge on any atom is -0.284 e. The third-order valence-electron chi connectivity index (χ3n) is 3.12. The molecule has 0 fully saturated rings. The predicted octanol–water partition coefficient (Wildman–Crippen LogP) is 3.38. The van der Waals surface area contributed by atoms with Crippen LogP contribution in [0.2, 0.25) is 5.02 Å². The lowest BCUT2D eigenvalue weighted by Gasteiger charge is -2.09. The minimum absolute atomic E-state index is 0.202. The van der Waals surface area contributed by atoms with E-state index in [0.717, 1.165) is 0 Å². The number of hydrogen-bond donors (Lipinski definition) is 1. The van der Waals surface area contributed by atoms with Crippen LogP contribution >= 0.6 is 11.6 Å². The average Bonchev–Trinajstić information content (AvgIpc) is 2.57. The van der Waals surface area contributed by atoms with Gasteiger partial charge in [0.25, 0.3) is 11.5 Å². The number of halogens is 3. The molecular weight excluding hydrogens is 326 g/mol. The highest BCUT2D eigenvalue weighted by Gasteiger charge is 2.10. The maximum Gasteiger partial charge on any atom is 0.255 e. The van der Waals surface area contributed by atoms with Gasteiger partial charge < -0.3 is 0 Å². The largest absolute Gasteiger partial charge is 0.284 e. The number of rotatable bonds is 3. The zero-order chi connectivity index (χ0) is 16.4. The van der Waals surface area contributed by atoms with Gasteiger partial charge in [0.05, 0.1) is 16.9 Å². The summed E-state index contributed by atoms with van der Waals surface area (Å²) in [6.07, 6.45) is 2.74. The molecule has 0 saturated carbocycles. The monoisotopic (exact) mass is 334 g/mol. The first-order valence-corrected chi connectivity index (χ1v) is 6.84. The highest BCUT2D eigenvalue weighted by Crippen LogP contribution is 2.26. The van der Waals surface area contributed by atoms with Crippen molar-refractivity contribution in [2.75, 3.05) is 5.54 Å². The molecule has 0 bridgehead atoms. The number of anilines is 1. The molecule has 8 heteroatoms. The van der Waals surface area contributed by atoms with Crippen molar-refractivity contribution in [3.63, 3.8) is 0 Å². The van der Waals surface area contributed by atoms with E-state index in [1.54, 1.807) is 0 Å². The Kier molecular flexibility index (Phi) is 4.03. The van der Waals surface area contributed by atoms with Crippen LogP contribution < -0.4 is 11.1 Å². The second kappa shape index (κ2) is 6.13. The van der Waals surface area contributed by atoms with Gasteiger partial charge in [0, 0.05) is 23.5 Å². The van der Waals surface area contributed by atoms with Crippen LogP contribution in [0.1, 0.15) is 0 Å². The summed E-state index contributed by atoms with van der Waals surface area (Å²) >= 11 is 6.03. The molecule has 23 heavy (non-hydrogen) atoms. The second-order valence-corrected chi connectivity index (χ2v) is 4.99. The third kappa shape index (κ3) is 3.04. The van der Waals surface area contributed by atoms with Gasteiger partial charge in [-0.15, -0.1) is 4.48 Å². The van der Waals surface area contributed by atoms with Crippen LogP contribution in [-0.4, -0.2) is 14.5 Å². The molecule has 1 aromatic carbocycles. The smallest absolute Gasteiger partial charge is 0.255 e. The van der Waals surface area contributed by atoms with E-state index in [2.05, 4.69) is 9.97 Å². The average molecular weight is 335 g/mol. The van der Waals surface area contributed by atoms with Crippen LogP contribution in [0.5, 0.6) is 0 Å². The van der Waals surface area contributed by atoms with Gasteiger partial charge in [-0.25, -0.2) is 14.4 Å². The van der Waals surface area contributed by atoms with Crippen molar-refractivity contribution in [3.05, 3.63) is 70.0 Å².